The first-order valence-electron chi connectivity index (χ1n) is 18.0. The summed E-state index contributed by atoms with van der Waals surface area (Å²) in [5.41, 5.74) is 6.13. The fourth-order valence-corrected chi connectivity index (χ4v) is 8.34. The molecule has 1 fully saturated rings. The molecule has 0 spiro atoms. The molecular formula is C41H42ClN3O11. The number of carbonyl (C=O) groups is 4. The van der Waals surface area contributed by atoms with Crippen LogP contribution in [-0.2, 0) is 14.4 Å². The predicted molar refractivity (Wildman–Crippen MR) is 194 cm³/mol. The van der Waals surface area contributed by atoms with Gasteiger partial charge in [-0.3, -0.25) is 9.59 Å². The first-order chi connectivity index (χ1) is 26.1. The molecule has 0 saturated carbocycles. The summed E-state index contributed by atoms with van der Waals surface area (Å²) < 4.78 is 43.1. The van der Waals surface area contributed by atoms with Gasteiger partial charge in [0.1, 0.15) is 18.0 Å². The minimum atomic E-state index is -4.94. The summed E-state index contributed by atoms with van der Waals surface area (Å²) >= 11 is 0. The molecule has 4 aliphatic rings. The van der Waals surface area contributed by atoms with Crippen molar-refractivity contribution >= 4 is 46.2 Å². The Morgan fingerprint density at radius 2 is 1.48 bits per heavy atom. The molecule has 7 rings (SSSR count). The van der Waals surface area contributed by atoms with Crippen molar-refractivity contribution in [3.8, 4) is 11.5 Å². The maximum atomic E-state index is 13.5. The lowest BCUT2D eigenvalue weighted by molar-refractivity contribution is -2.00. The standard InChI is InChI=1S/C41H41N3O7.ClHO4/c1-9-42-31-18-33-29(16-26(31)22(3)20-40(42,5)6)37(30-17-27-23(4)21-41(7,8)43(10-2)32(27)19-34(30)50-33)28-15-24(11-12-25(28)38(47)48)39(49)51-44-35(45)13-14-36(44)46;2-1(3,4)5/h11-12,15-21H,9-10,13-14H2,1-8H3;(H,2,3,4,5). The first kappa shape index (κ1) is 40.3. The van der Waals surface area contributed by atoms with Gasteiger partial charge in [-0.25, -0.2) is 32.8 Å². The second-order valence-electron chi connectivity index (χ2n) is 15.1. The molecule has 4 heterocycles. The van der Waals surface area contributed by atoms with Crippen LogP contribution in [-0.4, -0.2) is 58.1 Å². The second kappa shape index (κ2) is 14.3. The number of likely N-dealkylation sites (N-methyl/N-ethyl adjacent to an activating group) is 2. The number of imide groups is 1. The van der Waals surface area contributed by atoms with Gasteiger partial charge < -0.3 is 19.6 Å². The molecular weight excluding hydrogens is 746 g/mol. The van der Waals surface area contributed by atoms with E-state index >= 15 is 0 Å². The Bertz CT molecular complexity index is 2400. The molecule has 3 aromatic carbocycles. The first-order valence-corrected chi connectivity index (χ1v) is 19.2. The zero-order valence-electron chi connectivity index (χ0n) is 32.3. The highest BCUT2D eigenvalue weighted by Crippen LogP contribution is 2.47. The number of fused-ring (bicyclic) bond motifs is 4. The van der Waals surface area contributed by atoms with Gasteiger partial charge >= 0.3 is 11.9 Å². The monoisotopic (exact) mass is 787 g/mol. The van der Waals surface area contributed by atoms with Crippen molar-refractivity contribution in [3.63, 3.8) is 0 Å². The highest BCUT2D eigenvalue weighted by Gasteiger charge is 2.37. The fraction of sp³-hybridized carbons (Fsp3) is 0.341. The number of aromatic carboxylic acids is 1. The second-order valence-corrected chi connectivity index (χ2v) is 15.8. The maximum absolute atomic E-state index is 13.5. The number of allylic oxidation sites excluding steroid dienone is 2. The topological polar surface area (TPSA) is 209 Å². The van der Waals surface area contributed by atoms with Gasteiger partial charge in [0.15, 0.2) is 5.54 Å². The maximum Gasteiger partial charge on any atom is 0.363 e. The van der Waals surface area contributed by atoms with E-state index in [0.29, 0.717) is 32.9 Å². The molecule has 3 aromatic rings. The van der Waals surface area contributed by atoms with Gasteiger partial charge in [-0.2, -0.15) is 0 Å². The Morgan fingerprint density at radius 1 is 0.857 bits per heavy atom. The van der Waals surface area contributed by atoms with Crippen molar-refractivity contribution < 1.29 is 62.7 Å². The summed E-state index contributed by atoms with van der Waals surface area (Å²) in [7, 11) is -4.94. The van der Waals surface area contributed by atoms with Crippen LogP contribution in [0.5, 0.6) is 11.5 Å². The molecule has 2 amide bonds. The van der Waals surface area contributed by atoms with Gasteiger partial charge in [0.05, 0.1) is 22.7 Å². The summed E-state index contributed by atoms with van der Waals surface area (Å²) in [4.78, 5) is 58.5. The van der Waals surface area contributed by atoms with E-state index in [1.54, 1.807) is 0 Å². The number of carboxylic acids is 1. The lowest BCUT2D eigenvalue weighted by Gasteiger charge is -2.43. The normalized spacial score (nSPS) is 17.7. The Kier molecular flexibility index (Phi) is 10.3. The summed E-state index contributed by atoms with van der Waals surface area (Å²) in [6.45, 7) is 18.6. The van der Waals surface area contributed by atoms with Crippen LogP contribution in [0.4, 0.5) is 5.69 Å². The van der Waals surface area contributed by atoms with E-state index in [1.807, 2.05) is 12.1 Å². The highest BCUT2D eigenvalue weighted by molar-refractivity contribution is 6.04. The summed E-state index contributed by atoms with van der Waals surface area (Å²) in [5.74, 6) is -2.22. The number of hydrogen-bond acceptors (Lipinski definition) is 11. The zero-order valence-corrected chi connectivity index (χ0v) is 33.0. The molecule has 4 aliphatic heterocycles. The van der Waals surface area contributed by atoms with Crippen molar-refractivity contribution in [2.75, 3.05) is 18.0 Å². The Morgan fingerprint density at radius 3 is 2.07 bits per heavy atom. The van der Waals surface area contributed by atoms with E-state index in [4.69, 9.17) is 28.2 Å². The molecule has 56 heavy (non-hydrogen) atoms. The number of benzene rings is 3. The average molecular weight is 788 g/mol. The van der Waals surface area contributed by atoms with Crippen LogP contribution in [0.2, 0.25) is 0 Å². The smallest absolute Gasteiger partial charge is 0.363 e. The third-order valence-electron chi connectivity index (χ3n) is 10.5. The number of hydroxylamine groups is 2. The van der Waals surface area contributed by atoms with Gasteiger partial charge in [0.2, 0.25) is 5.36 Å². The van der Waals surface area contributed by atoms with Gasteiger partial charge in [0, 0.05) is 72.5 Å². The van der Waals surface area contributed by atoms with Crippen LogP contribution in [0.1, 0.15) is 111 Å². The van der Waals surface area contributed by atoms with Gasteiger partial charge in [-0.05, 0) is 94.7 Å². The number of ether oxygens (including phenoxy) is 1. The number of anilines is 1. The average Bonchev–Trinajstić information content (AvgIpc) is 3.40. The number of hydrogen-bond donors (Lipinski definition) is 1. The molecule has 15 heteroatoms. The van der Waals surface area contributed by atoms with Crippen LogP contribution < -0.4 is 43.4 Å². The molecule has 14 nitrogen and oxygen atoms in total. The quantitative estimate of drug-likeness (QED) is 0.214. The molecule has 294 valence electrons. The Balaban J connectivity index is 0.00000100. The van der Waals surface area contributed by atoms with Crippen molar-refractivity contribution in [2.24, 2.45) is 0 Å². The number of carbonyl (C=O) groups excluding carboxylic acids is 3. The SMILES string of the molecule is CCN1c2cc3c(cc2C(C)=CC1(C)C)C(c1cc(C(=O)ON2C(=O)CCC2=O)ccc1C(=O)O)=c1cc2c(cc1O3)=[N+](CC)C(C)(C)C=C2C.[O-][Cl+3]([O-])([O-])[O-]. The largest absolute Gasteiger partial charge is 0.478 e. The van der Waals surface area contributed by atoms with Crippen molar-refractivity contribution in [1.82, 2.24) is 9.64 Å². The number of carboxylic acid groups (broad SMARTS) is 1. The van der Waals surface area contributed by atoms with E-state index in [0.717, 1.165) is 46.4 Å². The summed E-state index contributed by atoms with van der Waals surface area (Å²) in [5, 5.41) is 12.7. The zero-order chi connectivity index (χ0) is 41.2. The van der Waals surface area contributed by atoms with E-state index in [9.17, 15) is 24.3 Å². The Hall–Kier alpha value is -5.38. The van der Waals surface area contributed by atoms with Gasteiger partial charge in [-0.15, -0.1) is 15.3 Å². The molecule has 0 aromatic heterocycles. The van der Waals surface area contributed by atoms with Crippen LogP contribution in [0.25, 0.3) is 16.7 Å². The lowest BCUT2D eigenvalue weighted by Crippen LogP contribution is -2.68. The van der Waals surface area contributed by atoms with E-state index < -0.39 is 34.0 Å². The number of amides is 2. The molecule has 0 atom stereocenters. The van der Waals surface area contributed by atoms with Crippen molar-refractivity contribution in [1.29, 1.82) is 0 Å². The van der Waals surface area contributed by atoms with E-state index in [-0.39, 0.29) is 40.6 Å². The minimum absolute atomic E-state index is 0.00881. The predicted octanol–water partition coefficient (Wildman–Crippen LogP) is 0.931. The van der Waals surface area contributed by atoms with Crippen LogP contribution in [0, 0.1) is 10.2 Å². The highest BCUT2D eigenvalue weighted by atomic mass is 35.7. The van der Waals surface area contributed by atoms with Gasteiger partial charge in [0.25, 0.3) is 11.8 Å². The van der Waals surface area contributed by atoms with Crippen LogP contribution >= 0.6 is 0 Å². The van der Waals surface area contributed by atoms with E-state index in [2.05, 4.69) is 89.2 Å². The van der Waals surface area contributed by atoms with Crippen molar-refractivity contribution in [3.05, 3.63) is 98.6 Å². The molecule has 0 aliphatic carbocycles. The summed E-state index contributed by atoms with van der Waals surface area (Å²) in [6.07, 6.45) is 4.37. The van der Waals surface area contributed by atoms with Crippen molar-refractivity contribution in [2.45, 2.75) is 79.3 Å². The summed E-state index contributed by atoms with van der Waals surface area (Å²) in [6, 6.07) is 12.3. The lowest BCUT2D eigenvalue weighted by atomic mass is 9.83. The van der Waals surface area contributed by atoms with Gasteiger partial charge in [-0.1, -0.05) is 6.08 Å². The fourth-order valence-electron chi connectivity index (χ4n) is 8.34. The molecule has 1 saturated heterocycles. The third kappa shape index (κ3) is 7.33. The number of rotatable bonds is 6. The molecule has 0 unspecified atom stereocenters. The minimum Gasteiger partial charge on any atom is -0.478 e. The molecule has 1 N–H and O–H groups in total. The Labute approximate surface area is 325 Å². The number of halogens is 1. The molecule has 0 bridgehead atoms. The number of nitrogens with zero attached hydrogens (tertiary/aromatic N) is 3. The third-order valence-corrected chi connectivity index (χ3v) is 10.5. The van der Waals surface area contributed by atoms with Crippen LogP contribution in [0.15, 0.2) is 54.6 Å². The molecule has 0 radical (unpaired) electrons. The van der Waals surface area contributed by atoms with E-state index in [1.165, 1.54) is 18.2 Å². The van der Waals surface area contributed by atoms with Crippen LogP contribution in [0.3, 0.4) is 0 Å².